The molecule has 0 fully saturated rings. The highest BCUT2D eigenvalue weighted by Crippen LogP contribution is 2.44. The molecule has 1 unspecified atom stereocenters. The van der Waals surface area contributed by atoms with Crippen LogP contribution in [0.4, 0.5) is 10.6 Å². The Bertz CT molecular complexity index is 1160. The summed E-state index contributed by atoms with van der Waals surface area (Å²) >= 11 is 0. The number of aromatic amines is 1. The molecule has 0 radical (unpaired) electrons. The zero-order valence-corrected chi connectivity index (χ0v) is 18.4. The molecule has 1 aliphatic rings. The summed E-state index contributed by atoms with van der Waals surface area (Å²) in [7, 11) is 1.29. The Labute approximate surface area is 195 Å². The number of rotatable bonds is 9. The van der Waals surface area contributed by atoms with E-state index in [2.05, 4.69) is 33.0 Å². The van der Waals surface area contributed by atoms with Gasteiger partial charge >= 0.3 is 12.1 Å². The SMILES string of the molecule is COC(CCNC(=O)c1cc(NC(=O)OCC2c3ccccc3-c3ccccc32)n[nH]1)C(=O)O. The van der Waals surface area contributed by atoms with Crippen LogP contribution in [0.1, 0.15) is 34.0 Å². The lowest BCUT2D eigenvalue weighted by Crippen LogP contribution is -2.31. The number of aliphatic carboxylic acids is 1. The molecule has 4 N–H and O–H groups in total. The van der Waals surface area contributed by atoms with Crippen molar-refractivity contribution in [2.75, 3.05) is 25.6 Å². The molecule has 3 aromatic rings. The zero-order chi connectivity index (χ0) is 24.1. The summed E-state index contributed by atoms with van der Waals surface area (Å²) in [6, 6.07) is 17.4. The van der Waals surface area contributed by atoms with E-state index < -0.39 is 24.1 Å². The van der Waals surface area contributed by atoms with Gasteiger partial charge in [-0.2, -0.15) is 5.10 Å². The van der Waals surface area contributed by atoms with E-state index in [4.69, 9.17) is 14.6 Å². The highest BCUT2D eigenvalue weighted by Gasteiger charge is 2.29. The van der Waals surface area contributed by atoms with E-state index >= 15 is 0 Å². The molecule has 1 aromatic heterocycles. The van der Waals surface area contributed by atoms with Crippen molar-refractivity contribution >= 4 is 23.8 Å². The van der Waals surface area contributed by atoms with E-state index in [0.29, 0.717) is 0 Å². The highest BCUT2D eigenvalue weighted by atomic mass is 16.5. The molecule has 4 rings (SSSR count). The summed E-state index contributed by atoms with van der Waals surface area (Å²) in [5, 5.41) is 20.5. The number of nitrogens with zero attached hydrogens (tertiary/aromatic N) is 1. The minimum atomic E-state index is -1.10. The van der Waals surface area contributed by atoms with Gasteiger partial charge < -0.3 is 19.9 Å². The van der Waals surface area contributed by atoms with Gasteiger partial charge in [0.2, 0.25) is 0 Å². The van der Waals surface area contributed by atoms with Crippen molar-refractivity contribution in [3.8, 4) is 11.1 Å². The van der Waals surface area contributed by atoms with Crippen molar-refractivity contribution in [3.05, 3.63) is 71.4 Å². The first-order chi connectivity index (χ1) is 16.5. The fraction of sp³-hybridized carbons (Fsp3) is 0.250. The van der Waals surface area contributed by atoms with Crippen LogP contribution < -0.4 is 10.6 Å². The molecule has 10 nitrogen and oxygen atoms in total. The molecule has 1 heterocycles. The minimum absolute atomic E-state index is 0.0691. The van der Waals surface area contributed by atoms with Gasteiger partial charge in [-0.1, -0.05) is 48.5 Å². The van der Waals surface area contributed by atoms with Crippen LogP contribution in [-0.2, 0) is 14.3 Å². The van der Waals surface area contributed by atoms with Gasteiger partial charge in [0.1, 0.15) is 12.3 Å². The van der Waals surface area contributed by atoms with Crippen LogP contribution >= 0.6 is 0 Å². The normalized spacial score (nSPS) is 13.0. The summed E-state index contributed by atoms with van der Waals surface area (Å²) in [5.41, 5.74) is 4.59. The van der Waals surface area contributed by atoms with Crippen molar-refractivity contribution in [3.63, 3.8) is 0 Å². The number of carboxylic acids is 1. The topological polar surface area (TPSA) is 143 Å². The van der Waals surface area contributed by atoms with Crippen LogP contribution in [-0.4, -0.2) is 59.6 Å². The number of methoxy groups -OCH3 is 1. The quantitative estimate of drug-likeness (QED) is 0.381. The fourth-order valence-electron chi connectivity index (χ4n) is 4.00. The molecule has 176 valence electrons. The number of benzene rings is 2. The van der Waals surface area contributed by atoms with Crippen molar-refractivity contribution < 1.29 is 29.0 Å². The largest absolute Gasteiger partial charge is 0.479 e. The van der Waals surface area contributed by atoms with Crippen LogP contribution in [0.15, 0.2) is 54.6 Å². The predicted octanol–water partition coefficient (Wildman–Crippen LogP) is 2.99. The third-order valence-corrected chi connectivity index (χ3v) is 5.65. The molecule has 0 bridgehead atoms. The first kappa shape index (κ1) is 23.0. The van der Waals surface area contributed by atoms with Gasteiger partial charge in [-0.3, -0.25) is 15.2 Å². The maximum absolute atomic E-state index is 12.4. The maximum atomic E-state index is 12.4. The van der Waals surface area contributed by atoms with Crippen LogP contribution in [0, 0.1) is 0 Å². The lowest BCUT2D eigenvalue weighted by Gasteiger charge is -2.14. The van der Waals surface area contributed by atoms with E-state index in [1.54, 1.807) is 0 Å². The standard InChI is InChI=1S/C24H24N4O6/c1-33-20(23(30)31)10-11-25-22(29)19-12-21(28-27-19)26-24(32)34-13-18-16-8-4-2-6-14(16)15-7-3-5-9-17(15)18/h2-9,12,18,20H,10-11,13H2,1H3,(H,25,29)(H,30,31)(H2,26,27,28,32). The second kappa shape index (κ2) is 10.2. The van der Waals surface area contributed by atoms with Gasteiger partial charge in [0.15, 0.2) is 11.9 Å². The summed E-state index contributed by atoms with van der Waals surface area (Å²) in [6.45, 7) is 0.250. The molecule has 2 amide bonds. The smallest absolute Gasteiger partial charge is 0.412 e. The third kappa shape index (κ3) is 4.91. The van der Waals surface area contributed by atoms with Gasteiger partial charge in [0.25, 0.3) is 5.91 Å². The van der Waals surface area contributed by atoms with E-state index in [9.17, 15) is 14.4 Å². The van der Waals surface area contributed by atoms with E-state index in [-0.39, 0.29) is 37.0 Å². The van der Waals surface area contributed by atoms with Gasteiger partial charge in [-0.25, -0.2) is 9.59 Å². The molecule has 2 aromatic carbocycles. The Balaban J connectivity index is 1.30. The molecule has 0 aliphatic heterocycles. The van der Waals surface area contributed by atoms with Gasteiger partial charge in [0, 0.05) is 32.1 Å². The van der Waals surface area contributed by atoms with E-state index in [0.717, 1.165) is 22.3 Å². The number of fused-ring (bicyclic) bond motifs is 3. The summed E-state index contributed by atoms with van der Waals surface area (Å²) in [6.07, 6.45) is -1.59. The number of hydrogen-bond donors (Lipinski definition) is 4. The minimum Gasteiger partial charge on any atom is -0.479 e. The lowest BCUT2D eigenvalue weighted by molar-refractivity contribution is -0.148. The molecular formula is C24H24N4O6. The average molecular weight is 464 g/mol. The lowest BCUT2D eigenvalue weighted by atomic mass is 9.98. The number of carbonyl (C=O) groups is 3. The van der Waals surface area contributed by atoms with Crippen LogP contribution in [0.25, 0.3) is 11.1 Å². The van der Waals surface area contributed by atoms with Gasteiger partial charge in [-0.05, 0) is 22.3 Å². The number of carboxylic acid groups (broad SMARTS) is 1. The summed E-state index contributed by atoms with van der Waals surface area (Å²) in [5.74, 6) is -1.54. The first-order valence-corrected chi connectivity index (χ1v) is 10.7. The van der Waals surface area contributed by atoms with Gasteiger partial charge in [0.05, 0.1) is 0 Å². The van der Waals surface area contributed by atoms with Crippen LogP contribution in [0.5, 0.6) is 0 Å². The third-order valence-electron chi connectivity index (χ3n) is 5.65. The fourth-order valence-corrected chi connectivity index (χ4v) is 4.00. The van der Waals surface area contributed by atoms with Gasteiger partial charge in [-0.15, -0.1) is 0 Å². The Morgan fingerprint density at radius 1 is 1.09 bits per heavy atom. The summed E-state index contributed by atoms with van der Waals surface area (Å²) in [4.78, 5) is 35.5. The second-order valence-corrected chi connectivity index (χ2v) is 7.72. The highest BCUT2D eigenvalue weighted by molar-refractivity contribution is 5.94. The number of aromatic nitrogens is 2. The van der Waals surface area contributed by atoms with Crippen molar-refractivity contribution in [2.45, 2.75) is 18.4 Å². The first-order valence-electron chi connectivity index (χ1n) is 10.7. The Morgan fingerprint density at radius 3 is 2.35 bits per heavy atom. The molecule has 0 saturated carbocycles. The number of hydrogen-bond acceptors (Lipinski definition) is 6. The number of nitrogens with one attached hydrogen (secondary N) is 3. The number of carbonyl (C=O) groups excluding carboxylic acids is 2. The van der Waals surface area contributed by atoms with Crippen molar-refractivity contribution in [1.82, 2.24) is 15.5 Å². The van der Waals surface area contributed by atoms with E-state index in [1.165, 1.54) is 13.2 Å². The van der Waals surface area contributed by atoms with E-state index in [1.807, 2.05) is 36.4 Å². The second-order valence-electron chi connectivity index (χ2n) is 7.72. The molecular weight excluding hydrogens is 440 g/mol. The number of amides is 2. The zero-order valence-electron chi connectivity index (χ0n) is 18.4. The number of H-pyrrole nitrogens is 1. The Kier molecular flexibility index (Phi) is 6.88. The molecule has 1 atom stereocenters. The predicted molar refractivity (Wildman–Crippen MR) is 123 cm³/mol. The monoisotopic (exact) mass is 464 g/mol. The van der Waals surface area contributed by atoms with Crippen molar-refractivity contribution in [1.29, 1.82) is 0 Å². The molecule has 0 spiro atoms. The molecule has 10 heteroatoms. The molecule has 0 saturated heterocycles. The number of anilines is 1. The Morgan fingerprint density at radius 2 is 1.74 bits per heavy atom. The summed E-state index contributed by atoms with van der Waals surface area (Å²) < 4.78 is 10.3. The number of ether oxygens (including phenoxy) is 2. The van der Waals surface area contributed by atoms with Crippen LogP contribution in [0.3, 0.4) is 0 Å². The Hall–Kier alpha value is -4.18. The van der Waals surface area contributed by atoms with Crippen molar-refractivity contribution in [2.24, 2.45) is 0 Å². The molecule has 34 heavy (non-hydrogen) atoms. The average Bonchev–Trinajstić information content (AvgIpc) is 3.43. The maximum Gasteiger partial charge on any atom is 0.412 e. The molecule has 1 aliphatic carbocycles. The van der Waals surface area contributed by atoms with Crippen LogP contribution in [0.2, 0.25) is 0 Å².